The number of anilines is 1. The smallest absolute Gasteiger partial charge is 0.238 e. The van der Waals surface area contributed by atoms with Gasteiger partial charge in [-0.2, -0.15) is 0 Å². The topological polar surface area (TPSA) is 64.3 Å². The summed E-state index contributed by atoms with van der Waals surface area (Å²) >= 11 is 0. The van der Waals surface area contributed by atoms with Crippen LogP contribution in [0.4, 0.5) is 5.69 Å². The van der Waals surface area contributed by atoms with E-state index in [-0.39, 0.29) is 5.91 Å². The highest BCUT2D eigenvalue weighted by atomic mass is 16.2. The number of imidazole rings is 1. The van der Waals surface area contributed by atoms with Crippen LogP contribution in [0.5, 0.6) is 0 Å². The van der Waals surface area contributed by atoms with Gasteiger partial charge in [0.25, 0.3) is 0 Å². The van der Waals surface area contributed by atoms with Crippen molar-refractivity contribution in [3.8, 4) is 11.4 Å². The molecule has 2 aromatic carbocycles. The van der Waals surface area contributed by atoms with Crippen LogP contribution < -0.4 is 5.32 Å². The van der Waals surface area contributed by atoms with Crippen LogP contribution in [0.3, 0.4) is 0 Å². The van der Waals surface area contributed by atoms with Gasteiger partial charge in [0.05, 0.1) is 6.54 Å². The molecule has 4 rings (SSSR count). The molecule has 0 bridgehead atoms. The first-order valence-corrected chi connectivity index (χ1v) is 11.0. The van der Waals surface area contributed by atoms with E-state index in [2.05, 4.69) is 37.2 Å². The summed E-state index contributed by atoms with van der Waals surface area (Å²) in [4.78, 5) is 25.3. The van der Waals surface area contributed by atoms with Crippen molar-refractivity contribution in [2.24, 2.45) is 0 Å². The number of aryl methyl sites for hydroxylation is 2. The molecule has 162 valence electrons. The quantitative estimate of drug-likeness (QED) is 0.640. The van der Waals surface area contributed by atoms with Gasteiger partial charge in [-0.25, -0.2) is 4.98 Å². The van der Waals surface area contributed by atoms with Crippen LogP contribution in [-0.2, 0) is 11.3 Å². The summed E-state index contributed by atoms with van der Waals surface area (Å²) in [5.41, 5.74) is 5.37. The summed E-state index contributed by atoms with van der Waals surface area (Å²) in [6, 6.07) is 16.3. The van der Waals surface area contributed by atoms with E-state index in [1.807, 2.05) is 56.4 Å². The van der Waals surface area contributed by atoms with Gasteiger partial charge in [-0.3, -0.25) is 14.6 Å². The van der Waals surface area contributed by atoms with Crippen molar-refractivity contribution in [1.82, 2.24) is 19.8 Å². The molecule has 6 heteroatoms. The number of benzene rings is 2. The molecule has 1 fully saturated rings. The summed E-state index contributed by atoms with van der Waals surface area (Å²) in [6.07, 6.45) is 2.99. The number of rotatable bonds is 6. The lowest BCUT2D eigenvalue weighted by Gasteiger charge is -2.21. The number of H-pyrrole nitrogens is 1. The molecule has 0 radical (unpaired) electrons. The first-order chi connectivity index (χ1) is 15.1. The van der Waals surface area contributed by atoms with Crippen LogP contribution in [0.1, 0.15) is 23.2 Å². The Balaban J connectivity index is 1.29. The van der Waals surface area contributed by atoms with E-state index in [0.29, 0.717) is 6.54 Å². The summed E-state index contributed by atoms with van der Waals surface area (Å²) in [5, 5.41) is 3.11. The van der Waals surface area contributed by atoms with Gasteiger partial charge in [0.1, 0.15) is 5.82 Å². The number of aromatic amines is 1. The fraction of sp³-hybridized carbons (Fsp3) is 0.360. The number of hydrogen-bond donors (Lipinski definition) is 2. The van der Waals surface area contributed by atoms with Crippen LogP contribution in [0.15, 0.2) is 54.7 Å². The fourth-order valence-corrected chi connectivity index (χ4v) is 4.16. The molecule has 2 heterocycles. The maximum absolute atomic E-state index is 12.6. The van der Waals surface area contributed by atoms with Gasteiger partial charge in [-0.15, -0.1) is 0 Å². The number of carbonyl (C=O) groups is 1. The van der Waals surface area contributed by atoms with Gasteiger partial charge in [0.2, 0.25) is 5.91 Å². The van der Waals surface area contributed by atoms with Crippen LogP contribution in [0.25, 0.3) is 11.4 Å². The third-order valence-corrected chi connectivity index (χ3v) is 5.86. The standard InChI is InChI=1S/C25H31N5O/c1-19-8-6-9-20(2)24(19)28-23(31)18-30-13-7-12-29(14-15-30)17-22-16-26-25(27-22)21-10-4-3-5-11-21/h3-6,8-11,16H,7,12-15,17-18H2,1-2H3,(H,26,27)(H,28,31). The number of carbonyl (C=O) groups excluding carboxylic acids is 1. The number of aromatic nitrogens is 2. The lowest BCUT2D eigenvalue weighted by molar-refractivity contribution is -0.117. The second kappa shape index (κ2) is 9.90. The van der Waals surface area contributed by atoms with Gasteiger partial charge < -0.3 is 10.3 Å². The zero-order chi connectivity index (χ0) is 21.6. The van der Waals surface area contributed by atoms with Crippen molar-refractivity contribution in [3.05, 3.63) is 71.5 Å². The van der Waals surface area contributed by atoms with Crippen molar-refractivity contribution in [2.45, 2.75) is 26.8 Å². The third-order valence-electron chi connectivity index (χ3n) is 5.86. The zero-order valence-corrected chi connectivity index (χ0v) is 18.4. The van der Waals surface area contributed by atoms with Crippen molar-refractivity contribution in [2.75, 3.05) is 38.0 Å². The Bertz CT molecular complexity index is 994. The molecule has 0 unspecified atom stereocenters. The second-order valence-corrected chi connectivity index (χ2v) is 8.34. The SMILES string of the molecule is Cc1cccc(C)c1NC(=O)CN1CCCN(Cc2cnc(-c3ccccc3)[nH]2)CC1. The Labute approximate surface area is 184 Å². The van der Waals surface area contributed by atoms with E-state index in [0.717, 1.165) is 73.0 Å². The molecule has 0 spiro atoms. The minimum absolute atomic E-state index is 0.0620. The molecule has 0 saturated carbocycles. The minimum atomic E-state index is 0.0620. The Morgan fingerprint density at radius 3 is 2.45 bits per heavy atom. The number of hydrogen-bond acceptors (Lipinski definition) is 4. The first kappa shape index (κ1) is 21.3. The summed E-state index contributed by atoms with van der Waals surface area (Å²) in [7, 11) is 0. The Morgan fingerprint density at radius 1 is 0.968 bits per heavy atom. The monoisotopic (exact) mass is 417 g/mol. The van der Waals surface area contributed by atoms with E-state index < -0.39 is 0 Å². The van der Waals surface area contributed by atoms with Crippen LogP contribution in [0, 0.1) is 13.8 Å². The van der Waals surface area contributed by atoms with E-state index in [9.17, 15) is 4.79 Å². The number of para-hydroxylation sites is 1. The average molecular weight is 418 g/mol. The lowest BCUT2D eigenvalue weighted by Crippen LogP contribution is -2.36. The van der Waals surface area contributed by atoms with Crippen LogP contribution in [-0.4, -0.2) is 58.4 Å². The van der Waals surface area contributed by atoms with Gasteiger partial charge in [-0.05, 0) is 44.5 Å². The molecule has 1 amide bonds. The highest BCUT2D eigenvalue weighted by Gasteiger charge is 2.18. The molecule has 31 heavy (non-hydrogen) atoms. The summed E-state index contributed by atoms with van der Waals surface area (Å²) in [5.74, 6) is 0.974. The maximum atomic E-state index is 12.6. The predicted molar refractivity (Wildman–Crippen MR) is 125 cm³/mol. The van der Waals surface area contributed by atoms with Gasteiger partial charge in [0, 0.05) is 42.8 Å². The van der Waals surface area contributed by atoms with Crippen LogP contribution in [0.2, 0.25) is 0 Å². The second-order valence-electron chi connectivity index (χ2n) is 8.34. The normalized spacial score (nSPS) is 15.5. The van der Waals surface area contributed by atoms with Gasteiger partial charge in [-0.1, -0.05) is 48.5 Å². The van der Waals surface area contributed by atoms with Crippen molar-refractivity contribution >= 4 is 11.6 Å². The lowest BCUT2D eigenvalue weighted by atomic mass is 10.1. The molecule has 3 aromatic rings. The fourth-order valence-electron chi connectivity index (χ4n) is 4.16. The van der Waals surface area contributed by atoms with E-state index in [1.165, 1.54) is 0 Å². The molecule has 0 atom stereocenters. The molecular weight excluding hydrogens is 386 g/mol. The molecule has 1 aliphatic rings. The highest BCUT2D eigenvalue weighted by molar-refractivity contribution is 5.93. The Kier molecular flexibility index (Phi) is 6.79. The highest BCUT2D eigenvalue weighted by Crippen LogP contribution is 2.19. The average Bonchev–Trinajstić information content (AvgIpc) is 3.12. The van der Waals surface area contributed by atoms with E-state index in [1.54, 1.807) is 0 Å². The third kappa shape index (κ3) is 5.60. The first-order valence-electron chi connectivity index (χ1n) is 11.0. The molecule has 2 N–H and O–H groups in total. The Morgan fingerprint density at radius 2 is 1.68 bits per heavy atom. The largest absolute Gasteiger partial charge is 0.341 e. The number of nitrogens with zero attached hydrogens (tertiary/aromatic N) is 3. The molecule has 1 aromatic heterocycles. The Hall–Kier alpha value is -2.96. The van der Waals surface area contributed by atoms with Gasteiger partial charge in [0.15, 0.2) is 0 Å². The molecule has 0 aliphatic carbocycles. The number of nitrogens with one attached hydrogen (secondary N) is 2. The minimum Gasteiger partial charge on any atom is -0.341 e. The molecule has 1 saturated heterocycles. The van der Waals surface area contributed by atoms with Crippen molar-refractivity contribution < 1.29 is 4.79 Å². The maximum Gasteiger partial charge on any atom is 0.238 e. The van der Waals surface area contributed by atoms with Gasteiger partial charge >= 0.3 is 0 Å². The predicted octanol–water partition coefficient (Wildman–Crippen LogP) is 3.84. The van der Waals surface area contributed by atoms with Crippen molar-refractivity contribution in [3.63, 3.8) is 0 Å². The summed E-state index contributed by atoms with van der Waals surface area (Å²) < 4.78 is 0. The van der Waals surface area contributed by atoms with E-state index >= 15 is 0 Å². The molecular formula is C25H31N5O. The van der Waals surface area contributed by atoms with E-state index in [4.69, 9.17) is 0 Å². The molecule has 1 aliphatic heterocycles. The summed E-state index contributed by atoms with van der Waals surface area (Å²) in [6.45, 7) is 9.14. The van der Waals surface area contributed by atoms with Crippen molar-refractivity contribution in [1.29, 1.82) is 0 Å². The zero-order valence-electron chi connectivity index (χ0n) is 18.4. The van der Waals surface area contributed by atoms with Crippen LogP contribution >= 0.6 is 0 Å². The number of amides is 1. The molecule has 6 nitrogen and oxygen atoms in total.